The quantitative estimate of drug-likeness (QED) is 0.845. The average molecular weight is 318 g/mol. The highest BCUT2D eigenvalue weighted by molar-refractivity contribution is 6.40. The lowest BCUT2D eigenvalue weighted by Gasteiger charge is -2.26. The van der Waals surface area contributed by atoms with Gasteiger partial charge in [-0.2, -0.15) is 5.10 Å². The van der Waals surface area contributed by atoms with E-state index in [1.54, 1.807) is 0 Å². The van der Waals surface area contributed by atoms with Crippen molar-refractivity contribution in [1.29, 1.82) is 0 Å². The van der Waals surface area contributed by atoms with Gasteiger partial charge in [0.25, 0.3) is 0 Å². The minimum Gasteiger partial charge on any atom is -0.492 e. The molecule has 1 aromatic carbocycles. The summed E-state index contributed by atoms with van der Waals surface area (Å²) in [4.78, 5) is 12.1. The molecule has 1 heterocycles. The largest absolute Gasteiger partial charge is 0.492 e. The number of hydrogen-bond donors (Lipinski definition) is 1. The predicted octanol–water partition coefficient (Wildman–Crippen LogP) is 2.60. The topological polar surface area (TPSA) is 69.2 Å². The first kappa shape index (κ1) is 16.0. The van der Waals surface area contributed by atoms with E-state index in [1.807, 2.05) is 31.2 Å². The van der Waals surface area contributed by atoms with Crippen molar-refractivity contribution in [2.24, 2.45) is 11.0 Å². The molecular formula is C17H22N2O4. The maximum Gasteiger partial charge on any atom is 0.178 e. The third-order valence-corrected chi connectivity index (χ3v) is 4.05. The van der Waals surface area contributed by atoms with E-state index in [1.165, 1.54) is 0 Å². The molecule has 1 atom stereocenters. The highest BCUT2D eigenvalue weighted by Gasteiger charge is 2.33. The summed E-state index contributed by atoms with van der Waals surface area (Å²) in [6, 6.07) is 7.55. The predicted molar refractivity (Wildman–Crippen MR) is 86.7 cm³/mol. The van der Waals surface area contributed by atoms with E-state index in [0.29, 0.717) is 38.4 Å². The van der Waals surface area contributed by atoms with Crippen molar-refractivity contribution in [1.82, 2.24) is 0 Å². The fourth-order valence-corrected chi connectivity index (χ4v) is 2.88. The number of nitrogens with zero attached hydrogens (tertiary/aromatic N) is 1. The van der Waals surface area contributed by atoms with Crippen LogP contribution in [-0.4, -0.2) is 37.6 Å². The smallest absolute Gasteiger partial charge is 0.178 e. The molecule has 0 bridgehead atoms. The zero-order valence-electron chi connectivity index (χ0n) is 13.3. The normalized spacial score (nSPS) is 24.1. The van der Waals surface area contributed by atoms with E-state index in [4.69, 9.17) is 14.2 Å². The Balaban J connectivity index is 1.69. The van der Waals surface area contributed by atoms with Crippen LogP contribution in [0.25, 0.3) is 0 Å². The molecule has 124 valence electrons. The number of anilines is 1. The number of ketones is 1. The third kappa shape index (κ3) is 3.89. The lowest BCUT2D eigenvalue weighted by Crippen LogP contribution is -2.33. The fraction of sp³-hybridized carbons (Fsp3) is 0.529. The standard InChI is InChI=1S/C17H22N2O4/c1-2-21-16-6-4-3-5-13(16)18-19-14-11-12(7-8-15(14)20)17-22-9-10-23-17/h3-6,12,17-18H,2,7-11H2,1H3/b19-14-. The first-order valence-corrected chi connectivity index (χ1v) is 8.08. The van der Waals surface area contributed by atoms with Crippen LogP contribution < -0.4 is 10.2 Å². The van der Waals surface area contributed by atoms with Gasteiger partial charge in [-0.05, 0) is 25.5 Å². The van der Waals surface area contributed by atoms with Gasteiger partial charge in [-0.1, -0.05) is 12.1 Å². The zero-order valence-corrected chi connectivity index (χ0v) is 13.3. The Bertz CT molecular complexity index is 582. The second-order valence-electron chi connectivity index (χ2n) is 5.64. The van der Waals surface area contributed by atoms with Crippen molar-refractivity contribution in [3.8, 4) is 5.75 Å². The van der Waals surface area contributed by atoms with E-state index < -0.39 is 0 Å². The Morgan fingerprint density at radius 3 is 2.87 bits per heavy atom. The van der Waals surface area contributed by atoms with Gasteiger partial charge in [0, 0.05) is 18.8 Å². The van der Waals surface area contributed by atoms with E-state index >= 15 is 0 Å². The van der Waals surface area contributed by atoms with Crippen LogP contribution >= 0.6 is 0 Å². The molecule has 2 fully saturated rings. The van der Waals surface area contributed by atoms with Gasteiger partial charge >= 0.3 is 0 Å². The van der Waals surface area contributed by atoms with Crippen molar-refractivity contribution in [3.05, 3.63) is 24.3 Å². The molecule has 0 radical (unpaired) electrons. The van der Waals surface area contributed by atoms with Crippen molar-refractivity contribution >= 4 is 17.2 Å². The summed E-state index contributed by atoms with van der Waals surface area (Å²) in [7, 11) is 0. The summed E-state index contributed by atoms with van der Waals surface area (Å²) in [5.41, 5.74) is 4.27. The summed E-state index contributed by atoms with van der Waals surface area (Å²) >= 11 is 0. The molecule has 1 aromatic rings. The van der Waals surface area contributed by atoms with Crippen molar-refractivity contribution in [3.63, 3.8) is 0 Å². The molecule has 1 unspecified atom stereocenters. The monoisotopic (exact) mass is 318 g/mol. The van der Waals surface area contributed by atoms with E-state index in [2.05, 4.69) is 10.5 Å². The number of hydrogen-bond acceptors (Lipinski definition) is 6. The fourth-order valence-electron chi connectivity index (χ4n) is 2.88. The van der Waals surface area contributed by atoms with Gasteiger partial charge in [0.15, 0.2) is 12.1 Å². The molecule has 6 heteroatoms. The number of para-hydroxylation sites is 2. The number of carbonyl (C=O) groups is 1. The Labute approximate surface area is 135 Å². The summed E-state index contributed by atoms with van der Waals surface area (Å²) in [5, 5.41) is 4.33. The second kappa shape index (κ2) is 7.57. The number of benzene rings is 1. The van der Waals surface area contributed by atoms with Gasteiger partial charge in [0.05, 0.1) is 25.5 Å². The minimum absolute atomic E-state index is 0.0839. The van der Waals surface area contributed by atoms with E-state index in [-0.39, 0.29) is 18.0 Å². The summed E-state index contributed by atoms with van der Waals surface area (Å²) in [6.45, 7) is 3.76. The van der Waals surface area contributed by atoms with Gasteiger partial charge in [-0.15, -0.1) is 0 Å². The molecule has 23 heavy (non-hydrogen) atoms. The number of carbonyl (C=O) groups excluding carboxylic acids is 1. The number of ether oxygens (including phenoxy) is 3. The molecule has 1 saturated carbocycles. The lowest BCUT2D eigenvalue weighted by molar-refractivity contribution is -0.117. The van der Waals surface area contributed by atoms with Crippen LogP contribution in [0.15, 0.2) is 29.4 Å². The minimum atomic E-state index is -0.205. The van der Waals surface area contributed by atoms with Crippen molar-refractivity contribution < 1.29 is 19.0 Å². The third-order valence-electron chi connectivity index (χ3n) is 4.05. The maximum atomic E-state index is 12.1. The molecular weight excluding hydrogens is 296 g/mol. The van der Waals surface area contributed by atoms with Gasteiger partial charge in [0.1, 0.15) is 11.5 Å². The highest BCUT2D eigenvalue weighted by atomic mass is 16.7. The van der Waals surface area contributed by atoms with E-state index in [9.17, 15) is 4.79 Å². The molecule has 1 N–H and O–H groups in total. The first-order chi connectivity index (χ1) is 11.3. The number of nitrogens with one attached hydrogen (secondary N) is 1. The second-order valence-corrected chi connectivity index (χ2v) is 5.64. The zero-order chi connectivity index (χ0) is 16.1. The average Bonchev–Trinajstić information content (AvgIpc) is 3.10. The summed E-state index contributed by atoms with van der Waals surface area (Å²) in [5.74, 6) is 1.00. The van der Waals surface area contributed by atoms with Gasteiger partial charge in [0.2, 0.25) is 0 Å². The Kier molecular flexibility index (Phi) is 5.25. The Morgan fingerprint density at radius 1 is 1.30 bits per heavy atom. The Hall–Kier alpha value is -1.92. The molecule has 2 aliphatic rings. The van der Waals surface area contributed by atoms with Crippen LogP contribution in [0.5, 0.6) is 5.75 Å². The molecule has 0 aromatic heterocycles. The molecule has 0 amide bonds. The van der Waals surface area contributed by atoms with Crippen molar-refractivity contribution in [2.45, 2.75) is 32.5 Å². The molecule has 1 aliphatic carbocycles. The maximum absolute atomic E-state index is 12.1. The SMILES string of the molecule is CCOc1ccccc1N/N=C1/CC(C2OCCO2)CCC1=O. The van der Waals surface area contributed by atoms with Crippen LogP contribution in [0.2, 0.25) is 0 Å². The summed E-state index contributed by atoms with van der Waals surface area (Å²) < 4.78 is 16.7. The highest BCUT2D eigenvalue weighted by Crippen LogP contribution is 2.29. The molecule has 3 rings (SSSR count). The molecule has 1 saturated heterocycles. The number of hydrazone groups is 1. The van der Waals surface area contributed by atoms with Crippen LogP contribution in [0.1, 0.15) is 26.2 Å². The molecule has 1 aliphatic heterocycles. The Morgan fingerprint density at radius 2 is 2.09 bits per heavy atom. The van der Waals surface area contributed by atoms with Gasteiger partial charge in [-0.25, -0.2) is 0 Å². The van der Waals surface area contributed by atoms with Crippen LogP contribution in [0.3, 0.4) is 0 Å². The molecule has 6 nitrogen and oxygen atoms in total. The first-order valence-electron chi connectivity index (χ1n) is 8.08. The van der Waals surface area contributed by atoms with Crippen molar-refractivity contribution in [2.75, 3.05) is 25.2 Å². The van der Waals surface area contributed by atoms with Gasteiger partial charge in [-0.3, -0.25) is 10.2 Å². The summed E-state index contributed by atoms with van der Waals surface area (Å²) in [6.07, 6.45) is 1.65. The van der Waals surface area contributed by atoms with Crippen LogP contribution in [0, 0.1) is 5.92 Å². The van der Waals surface area contributed by atoms with Crippen LogP contribution in [0.4, 0.5) is 5.69 Å². The van der Waals surface area contributed by atoms with Crippen LogP contribution in [-0.2, 0) is 14.3 Å². The number of Topliss-reactive ketones (excluding diaryl/α,β-unsaturated/α-hetero) is 1. The van der Waals surface area contributed by atoms with Gasteiger partial charge < -0.3 is 14.2 Å². The number of rotatable bonds is 5. The lowest BCUT2D eigenvalue weighted by atomic mass is 9.86. The molecule has 0 spiro atoms. The van der Waals surface area contributed by atoms with E-state index in [0.717, 1.165) is 17.9 Å².